The summed E-state index contributed by atoms with van der Waals surface area (Å²) in [5.74, 6) is -1.58. The molecule has 0 spiro atoms. The van der Waals surface area contributed by atoms with Crippen molar-refractivity contribution in [2.45, 2.75) is 6.42 Å². The van der Waals surface area contributed by atoms with Crippen LogP contribution in [0.3, 0.4) is 0 Å². The summed E-state index contributed by atoms with van der Waals surface area (Å²) in [6.07, 6.45) is 1.49. The molecule has 28 heavy (non-hydrogen) atoms. The normalized spacial score (nSPS) is 13.9. The van der Waals surface area contributed by atoms with Crippen LogP contribution in [-0.4, -0.2) is 50.3 Å². The van der Waals surface area contributed by atoms with E-state index < -0.39 is 28.4 Å². The molecule has 0 saturated carbocycles. The molecule has 0 unspecified atom stereocenters. The monoisotopic (exact) mass is 460 g/mol. The molecular weight excluding hydrogens is 447 g/mol. The van der Waals surface area contributed by atoms with E-state index in [2.05, 4.69) is 4.72 Å². The summed E-state index contributed by atoms with van der Waals surface area (Å²) in [6, 6.07) is 5.95. The van der Waals surface area contributed by atoms with Gasteiger partial charge in [-0.15, -0.1) is 11.3 Å². The Balaban J connectivity index is 1.69. The van der Waals surface area contributed by atoms with Crippen LogP contribution in [0.5, 0.6) is 0 Å². The first-order chi connectivity index (χ1) is 13.1. The van der Waals surface area contributed by atoms with Crippen molar-refractivity contribution in [3.63, 3.8) is 0 Å². The molecule has 2 heterocycles. The SMILES string of the molecule is CS(=O)(=O)NCCc1ccc(C(=O)CN2C(=O)c3cc(Cl)c(Cl)cc3C2=O)s1. The molecule has 1 aromatic carbocycles. The number of hydrogen-bond donors (Lipinski definition) is 1. The number of benzene rings is 1. The lowest BCUT2D eigenvalue weighted by molar-refractivity contribution is 0.0625. The van der Waals surface area contributed by atoms with Gasteiger partial charge >= 0.3 is 0 Å². The van der Waals surface area contributed by atoms with E-state index in [4.69, 9.17) is 23.2 Å². The van der Waals surface area contributed by atoms with Crippen LogP contribution in [0.15, 0.2) is 24.3 Å². The van der Waals surface area contributed by atoms with Crippen LogP contribution in [0.4, 0.5) is 0 Å². The Morgan fingerprint density at radius 3 is 2.21 bits per heavy atom. The minimum absolute atomic E-state index is 0.117. The van der Waals surface area contributed by atoms with E-state index in [0.717, 1.165) is 16.0 Å². The summed E-state index contributed by atoms with van der Waals surface area (Å²) in [6.45, 7) is -0.184. The van der Waals surface area contributed by atoms with Gasteiger partial charge in [0.05, 0.1) is 38.8 Å². The topological polar surface area (TPSA) is 101 Å². The first-order valence-electron chi connectivity index (χ1n) is 7.98. The number of carbonyl (C=O) groups is 3. The molecule has 0 aliphatic carbocycles. The molecule has 11 heteroatoms. The van der Waals surface area contributed by atoms with Gasteiger partial charge in [0.2, 0.25) is 10.0 Å². The fourth-order valence-corrected chi connectivity index (χ4v) is 4.41. The van der Waals surface area contributed by atoms with Gasteiger partial charge in [-0.2, -0.15) is 0 Å². The number of halogens is 2. The molecule has 1 aliphatic rings. The molecule has 7 nitrogen and oxygen atoms in total. The predicted molar refractivity (Wildman–Crippen MR) is 107 cm³/mol. The van der Waals surface area contributed by atoms with Gasteiger partial charge in [-0.1, -0.05) is 23.2 Å². The van der Waals surface area contributed by atoms with E-state index in [1.807, 2.05) is 0 Å². The number of imide groups is 1. The highest BCUT2D eigenvalue weighted by atomic mass is 35.5. The largest absolute Gasteiger partial charge is 0.291 e. The fraction of sp³-hybridized carbons (Fsp3) is 0.235. The summed E-state index contributed by atoms with van der Waals surface area (Å²) < 4.78 is 24.5. The Labute approximate surface area is 175 Å². The van der Waals surface area contributed by atoms with Crippen LogP contribution < -0.4 is 4.72 Å². The smallest absolute Gasteiger partial charge is 0.262 e. The number of ketones is 1. The highest BCUT2D eigenvalue weighted by Gasteiger charge is 2.37. The van der Waals surface area contributed by atoms with Gasteiger partial charge in [0.25, 0.3) is 11.8 Å². The van der Waals surface area contributed by atoms with Crippen LogP contribution in [0.1, 0.15) is 35.3 Å². The Hall–Kier alpha value is -1.78. The molecule has 0 radical (unpaired) electrons. The maximum Gasteiger partial charge on any atom is 0.262 e. The molecular formula is C17H14Cl2N2O5S2. The molecule has 0 fully saturated rings. The predicted octanol–water partition coefficient (Wildman–Crippen LogP) is 2.63. The molecule has 0 atom stereocenters. The zero-order valence-electron chi connectivity index (χ0n) is 14.5. The average Bonchev–Trinajstić information content (AvgIpc) is 3.15. The number of nitrogens with zero attached hydrogens (tertiary/aromatic N) is 1. The van der Waals surface area contributed by atoms with Crippen LogP contribution in [-0.2, 0) is 16.4 Å². The Morgan fingerprint density at radius 1 is 1.11 bits per heavy atom. The third kappa shape index (κ3) is 4.44. The second-order valence-electron chi connectivity index (χ2n) is 6.11. The van der Waals surface area contributed by atoms with Crippen molar-refractivity contribution in [1.29, 1.82) is 0 Å². The lowest BCUT2D eigenvalue weighted by Crippen LogP contribution is -2.34. The number of nitrogens with one attached hydrogen (secondary N) is 1. The van der Waals surface area contributed by atoms with Gasteiger partial charge in [0.15, 0.2) is 5.78 Å². The van der Waals surface area contributed by atoms with Crippen molar-refractivity contribution < 1.29 is 22.8 Å². The van der Waals surface area contributed by atoms with Gasteiger partial charge in [0.1, 0.15) is 0 Å². The number of sulfonamides is 1. The molecule has 0 saturated heterocycles. The molecule has 2 amide bonds. The van der Waals surface area contributed by atoms with Crippen LogP contribution >= 0.6 is 34.5 Å². The lowest BCUT2D eigenvalue weighted by atomic mass is 10.1. The molecule has 148 valence electrons. The van der Waals surface area contributed by atoms with E-state index in [9.17, 15) is 22.8 Å². The number of rotatable bonds is 7. The van der Waals surface area contributed by atoms with Crippen LogP contribution in [0.2, 0.25) is 10.0 Å². The third-order valence-electron chi connectivity index (χ3n) is 3.99. The van der Waals surface area contributed by atoms with Crippen molar-refractivity contribution >= 4 is 62.2 Å². The number of amides is 2. The molecule has 2 aromatic rings. The van der Waals surface area contributed by atoms with Crippen molar-refractivity contribution in [3.8, 4) is 0 Å². The van der Waals surface area contributed by atoms with Gasteiger partial charge in [-0.25, -0.2) is 13.1 Å². The van der Waals surface area contributed by atoms with E-state index in [0.29, 0.717) is 11.3 Å². The van der Waals surface area contributed by atoms with Gasteiger partial charge in [-0.3, -0.25) is 19.3 Å². The number of thiophene rings is 1. The van der Waals surface area contributed by atoms with Crippen LogP contribution in [0.25, 0.3) is 0 Å². The minimum atomic E-state index is -3.28. The first-order valence-corrected chi connectivity index (χ1v) is 11.4. The second-order valence-corrected chi connectivity index (χ2v) is 9.93. The summed E-state index contributed by atoms with van der Waals surface area (Å²) in [7, 11) is -3.28. The molecule has 1 N–H and O–H groups in total. The van der Waals surface area contributed by atoms with E-state index in [1.54, 1.807) is 12.1 Å². The Morgan fingerprint density at radius 2 is 1.68 bits per heavy atom. The van der Waals surface area contributed by atoms with Crippen molar-refractivity contribution in [2.24, 2.45) is 0 Å². The third-order valence-corrected chi connectivity index (χ3v) is 6.62. The molecule has 1 aromatic heterocycles. The van der Waals surface area contributed by atoms with Gasteiger partial charge in [-0.05, 0) is 30.7 Å². The first kappa shape index (κ1) is 20.9. The summed E-state index contributed by atoms with van der Waals surface area (Å²) in [5.41, 5.74) is 0.233. The Bertz CT molecular complexity index is 1050. The van der Waals surface area contributed by atoms with Crippen molar-refractivity contribution in [1.82, 2.24) is 9.62 Å². The maximum atomic E-state index is 12.5. The van der Waals surface area contributed by atoms with Gasteiger partial charge in [0, 0.05) is 11.4 Å². The maximum absolute atomic E-state index is 12.5. The summed E-state index contributed by atoms with van der Waals surface area (Å²) in [5, 5.41) is 0.306. The lowest BCUT2D eigenvalue weighted by Gasteiger charge is -2.11. The number of fused-ring (bicyclic) bond motifs is 1. The molecule has 3 rings (SSSR count). The highest BCUT2D eigenvalue weighted by molar-refractivity contribution is 7.88. The highest BCUT2D eigenvalue weighted by Crippen LogP contribution is 2.31. The van der Waals surface area contributed by atoms with E-state index >= 15 is 0 Å². The molecule has 1 aliphatic heterocycles. The summed E-state index contributed by atoms with van der Waals surface area (Å²) >= 11 is 13.0. The quantitative estimate of drug-likeness (QED) is 0.505. The number of Topliss-reactive ketones (excluding diaryl/α,β-unsaturated/α-hetero) is 1. The minimum Gasteiger partial charge on any atom is -0.291 e. The summed E-state index contributed by atoms with van der Waals surface area (Å²) in [4.78, 5) is 39.5. The number of hydrogen-bond acceptors (Lipinski definition) is 6. The fourth-order valence-electron chi connectivity index (χ4n) is 2.67. The zero-order chi connectivity index (χ0) is 20.6. The number of carbonyl (C=O) groups excluding carboxylic acids is 3. The zero-order valence-corrected chi connectivity index (χ0v) is 17.6. The second kappa shape index (κ2) is 7.92. The van der Waals surface area contributed by atoms with E-state index in [1.165, 1.54) is 23.5 Å². The standard InChI is InChI=1S/C17H14Cl2N2O5S2/c1-28(25,26)20-5-4-9-2-3-15(27-9)14(22)8-21-16(23)10-6-12(18)13(19)7-11(10)17(21)24/h2-3,6-7,20H,4-5,8H2,1H3. The average molecular weight is 461 g/mol. The van der Waals surface area contributed by atoms with E-state index in [-0.39, 0.29) is 33.5 Å². The Kier molecular flexibility index (Phi) is 5.92. The van der Waals surface area contributed by atoms with Crippen molar-refractivity contribution in [3.05, 3.63) is 55.2 Å². The van der Waals surface area contributed by atoms with Crippen LogP contribution in [0, 0.1) is 0 Å². The molecule has 0 bridgehead atoms. The van der Waals surface area contributed by atoms with Crippen molar-refractivity contribution in [2.75, 3.05) is 19.3 Å². The van der Waals surface area contributed by atoms with Gasteiger partial charge < -0.3 is 0 Å².